The van der Waals surface area contributed by atoms with Gasteiger partial charge in [-0.3, -0.25) is 4.79 Å². The second-order valence-corrected chi connectivity index (χ2v) is 6.22. The largest absolute Gasteiger partial charge is 0.493 e. The number of carbonyl (C=O) groups excluding carboxylic acids is 1. The molecule has 0 saturated carbocycles. The first-order valence-electron chi connectivity index (χ1n) is 8.53. The van der Waals surface area contributed by atoms with E-state index in [4.69, 9.17) is 9.47 Å². The van der Waals surface area contributed by atoms with Gasteiger partial charge < -0.3 is 24.6 Å². The monoisotopic (exact) mass is 356 g/mol. The highest BCUT2D eigenvalue weighted by atomic mass is 16.5. The third-order valence-electron chi connectivity index (χ3n) is 4.50. The van der Waals surface area contributed by atoms with E-state index in [1.807, 2.05) is 12.1 Å². The van der Waals surface area contributed by atoms with Crippen molar-refractivity contribution in [2.75, 3.05) is 57.7 Å². The van der Waals surface area contributed by atoms with Crippen molar-refractivity contribution in [1.82, 2.24) is 9.88 Å². The zero-order chi connectivity index (χ0) is 18.5. The van der Waals surface area contributed by atoms with Crippen molar-refractivity contribution in [1.29, 1.82) is 0 Å². The number of rotatable bonds is 5. The fourth-order valence-electron chi connectivity index (χ4n) is 2.88. The maximum atomic E-state index is 12.4. The molecule has 2 heterocycles. The molecule has 1 fully saturated rings. The molecule has 1 aliphatic rings. The van der Waals surface area contributed by atoms with E-state index in [0.29, 0.717) is 22.9 Å². The molecule has 138 valence electrons. The van der Waals surface area contributed by atoms with E-state index in [0.717, 1.165) is 31.9 Å². The van der Waals surface area contributed by atoms with E-state index in [-0.39, 0.29) is 5.91 Å². The van der Waals surface area contributed by atoms with Gasteiger partial charge in [-0.2, -0.15) is 0 Å². The summed E-state index contributed by atoms with van der Waals surface area (Å²) in [5.41, 5.74) is 1.55. The molecular formula is C19H24N4O3. The molecule has 0 bridgehead atoms. The molecule has 1 N–H and O–H groups in total. The summed E-state index contributed by atoms with van der Waals surface area (Å²) in [6.07, 6.45) is 1.80. The molecule has 7 heteroatoms. The number of piperazine rings is 1. The molecule has 0 spiro atoms. The number of aromatic nitrogens is 1. The van der Waals surface area contributed by atoms with E-state index in [1.54, 1.807) is 31.5 Å². The van der Waals surface area contributed by atoms with Crippen LogP contribution >= 0.6 is 0 Å². The summed E-state index contributed by atoms with van der Waals surface area (Å²) >= 11 is 0. The fraction of sp³-hybridized carbons (Fsp3) is 0.368. The molecule has 0 aliphatic carbocycles. The van der Waals surface area contributed by atoms with E-state index in [9.17, 15) is 4.79 Å². The van der Waals surface area contributed by atoms with Crippen LogP contribution in [0.4, 0.5) is 11.5 Å². The van der Waals surface area contributed by atoms with Crippen molar-refractivity contribution in [3.63, 3.8) is 0 Å². The molecule has 1 aliphatic heterocycles. The highest BCUT2D eigenvalue weighted by molar-refractivity contribution is 6.04. The van der Waals surface area contributed by atoms with Gasteiger partial charge >= 0.3 is 0 Å². The second kappa shape index (κ2) is 8.05. The smallest absolute Gasteiger partial charge is 0.256 e. The molecule has 1 aromatic heterocycles. The number of hydrogen-bond donors (Lipinski definition) is 1. The number of pyridine rings is 1. The van der Waals surface area contributed by atoms with Crippen LogP contribution in [0, 0.1) is 0 Å². The summed E-state index contributed by atoms with van der Waals surface area (Å²) in [6.45, 7) is 4.04. The predicted octanol–water partition coefficient (Wildman–Crippen LogP) is 2.10. The number of benzene rings is 1. The molecular weight excluding hydrogens is 332 g/mol. The van der Waals surface area contributed by atoms with Crippen LogP contribution in [-0.4, -0.2) is 63.2 Å². The quantitative estimate of drug-likeness (QED) is 0.885. The second-order valence-electron chi connectivity index (χ2n) is 6.22. The molecule has 1 aromatic carbocycles. The van der Waals surface area contributed by atoms with Crippen LogP contribution < -0.4 is 19.7 Å². The van der Waals surface area contributed by atoms with Gasteiger partial charge in [-0.15, -0.1) is 0 Å². The lowest BCUT2D eigenvalue weighted by Gasteiger charge is -2.33. The minimum atomic E-state index is -0.245. The third kappa shape index (κ3) is 4.05. The van der Waals surface area contributed by atoms with Gasteiger partial charge in [0, 0.05) is 31.7 Å². The Labute approximate surface area is 153 Å². The summed E-state index contributed by atoms with van der Waals surface area (Å²) in [6, 6.07) is 8.86. The van der Waals surface area contributed by atoms with E-state index < -0.39 is 0 Å². The van der Waals surface area contributed by atoms with E-state index in [2.05, 4.69) is 27.1 Å². The topological polar surface area (TPSA) is 66.9 Å². The van der Waals surface area contributed by atoms with Crippen LogP contribution in [0.1, 0.15) is 10.4 Å². The van der Waals surface area contributed by atoms with Crippen molar-refractivity contribution in [2.45, 2.75) is 0 Å². The first-order valence-corrected chi connectivity index (χ1v) is 8.53. The first-order chi connectivity index (χ1) is 12.6. The van der Waals surface area contributed by atoms with Crippen LogP contribution in [0.5, 0.6) is 11.5 Å². The minimum Gasteiger partial charge on any atom is -0.493 e. The van der Waals surface area contributed by atoms with Gasteiger partial charge in [-0.25, -0.2) is 4.98 Å². The molecule has 1 amide bonds. The van der Waals surface area contributed by atoms with Crippen LogP contribution in [0.2, 0.25) is 0 Å². The number of likely N-dealkylation sites (N-methyl/N-ethyl adjacent to an activating group) is 1. The lowest BCUT2D eigenvalue weighted by atomic mass is 10.2. The molecule has 1 saturated heterocycles. The number of nitrogens with one attached hydrogen (secondary N) is 1. The summed E-state index contributed by atoms with van der Waals surface area (Å²) in [5.74, 6) is 1.37. The highest BCUT2D eigenvalue weighted by Crippen LogP contribution is 2.28. The Morgan fingerprint density at radius 2 is 1.77 bits per heavy atom. The molecule has 0 radical (unpaired) electrons. The number of ether oxygens (including phenoxy) is 2. The summed E-state index contributed by atoms with van der Waals surface area (Å²) in [4.78, 5) is 21.4. The van der Waals surface area contributed by atoms with Crippen LogP contribution in [-0.2, 0) is 0 Å². The van der Waals surface area contributed by atoms with Gasteiger partial charge in [0.1, 0.15) is 5.82 Å². The molecule has 0 atom stereocenters. The van der Waals surface area contributed by atoms with Crippen LogP contribution in [0.3, 0.4) is 0 Å². The SMILES string of the molecule is COc1ccc(C(=O)Nc2ccc(N3CCN(C)CC3)cn2)cc1OC. The van der Waals surface area contributed by atoms with Gasteiger partial charge in [-0.1, -0.05) is 0 Å². The number of nitrogens with zero attached hydrogens (tertiary/aromatic N) is 3. The Hall–Kier alpha value is -2.80. The highest BCUT2D eigenvalue weighted by Gasteiger charge is 2.15. The van der Waals surface area contributed by atoms with Gasteiger partial charge in [0.2, 0.25) is 0 Å². The Morgan fingerprint density at radius 3 is 2.38 bits per heavy atom. The number of anilines is 2. The first kappa shape index (κ1) is 18.0. The van der Waals surface area contributed by atoms with E-state index in [1.165, 1.54) is 7.11 Å². The average molecular weight is 356 g/mol. The fourth-order valence-corrected chi connectivity index (χ4v) is 2.88. The number of hydrogen-bond acceptors (Lipinski definition) is 6. The van der Waals surface area contributed by atoms with Crippen molar-refractivity contribution < 1.29 is 14.3 Å². The van der Waals surface area contributed by atoms with Crippen molar-refractivity contribution in [3.8, 4) is 11.5 Å². The molecule has 26 heavy (non-hydrogen) atoms. The minimum absolute atomic E-state index is 0.245. The van der Waals surface area contributed by atoms with Crippen LogP contribution in [0.25, 0.3) is 0 Å². The van der Waals surface area contributed by atoms with Crippen molar-refractivity contribution in [3.05, 3.63) is 42.1 Å². The van der Waals surface area contributed by atoms with E-state index >= 15 is 0 Å². The lowest BCUT2D eigenvalue weighted by Crippen LogP contribution is -2.44. The Kier molecular flexibility index (Phi) is 5.58. The Bertz CT molecular complexity index is 756. The predicted molar refractivity (Wildman–Crippen MR) is 101 cm³/mol. The Morgan fingerprint density at radius 1 is 1.04 bits per heavy atom. The summed E-state index contributed by atoms with van der Waals surface area (Å²) in [5, 5.41) is 2.81. The molecule has 3 rings (SSSR count). The van der Waals surface area contributed by atoms with Gasteiger partial charge in [0.15, 0.2) is 11.5 Å². The zero-order valence-electron chi connectivity index (χ0n) is 15.4. The molecule has 7 nitrogen and oxygen atoms in total. The standard InChI is InChI=1S/C19H24N4O3/c1-22-8-10-23(11-9-22)15-5-7-18(20-13-15)21-19(24)14-4-6-16(25-2)17(12-14)26-3/h4-7,12-13H,8-11H2,1-3H3,(H,20,21,24). The number of carbonyl (C=O) groups is 1. The lowest BCUT2D eigenvalue weighted by molar-refractivity contribution is 0.102. The zero-order valence-corrected chi connectivity index (χ0v) is 15.4. The maximum Gasteiger partial charge on any atom is 0.256 e. The van der Waals surface area contributed by atoms with Gasteiger partial charge in [0.05, 0.1) is 26.1 Å². The number of amides is 1. The Balaban J connectivity index is 1.66. The molecule has 2 aromatic rings. The average Bonchev–Trinajstić information content (AvgIpc) is 2.68. The summed E-state index contributed by atoms with van der Waals surface area (Å²) in [7, 11) is 5.23. The van der Waals surface area contributed by atoms with Crippen LogP contribution in [0.15, 0.2) is 36.5 Å². The van der Waals surface area contributed by atoms with Gasteiger partial charge in [-0.05, 0) is 37.4 Å². The van der Waals surface area contributed by atoms with Crippen molar-refractivity contribution in [2.24, 2.45) is 0 Å². The third-order valence-corrected chi connectivity index (χ3v) is 4.50. The normalized spacial score (nSPS) is 14.8. The molecule has 0 unspecified atom stereocenters. The summed E-state index contributed by atoms with van der Waals surface area (Å²) < 4.78 is 10.4. The van der Waals surface area contributed by atoms with Gasteiger partial charge in [0.25, 0.3) is 5.91 Å². The number of methoxy groups -OCH3 is 2. The maximum absolute atomic E-state index is 12.4. The van der Waals surface area contributed by atoms with Crippen molar-refractivity contribution >= 4 is 17.4 Å².